The number of carbonyl (C=O) groups is 1. The van der Waals surface area contributed by atoms with Crippen LogP contribution in [0.15, 0.2) is 28.7 Å². The van der Waals surface area contributed by atoms with E-state index in [1.54, 1.807) is 0 Å². The molecule has 1 rings (SSSR count). The lowest BCUT2D eigenvalue weighted by Gasteiger charge is -2.38. The first-order chi connectivity index (χ1) is 9.53. The fraction of sp³-hybridized carbons (Fsp3) is 0.588. The lowest BCUT2D eigenvalue weighted by atomic mass is 10.1. The van der Waals surface area contributed by atoms with E-state index in [2.05, 4.69) is 56.7 Å². The standard InChI is InChI=1S/C17H27BrO2Si/c1-13(20-21(5,6)17(2,3)4)7-12-16(19)14-8-10-15(18)11-9-14/h8-11,13H,7,12H2,1-6H3/t13-/m1/s1. The van der Waals surface area contributed by atoms with Crippen molar-refractivity contribution in [3.63, 3.8) is 0 Å². The van der Waals surface area contributed by atoms with Gasteiger partial charge in [0.25, 0.3) is 0 Å². The molecule has 21 heavy (non-hydrogen) atoms. The molecule has 1 aromatic rings. The molecule has 0 saturated heterocycles. The summed E-state index contributed by atoms with van der Waals surface area (Å²) in [5.41, 5.74) is 0.776. The predicted molar refractivity (Wildman–Crippen MR) is 95.5 cm³/mol. The molecule has 0 bridgehead atoms. The van der Waals surface area contributed by atoms with Crippen LogP contribution in [0.1, 0.15) is 50.9 Å². The van der Waals surface area contributed by atoms with Crippen LogP contribution >= 0.6 is 15.9 Å². The van der Waals surface area contributed by atoms with Gasteiger partial charge >= 0.3 is 0 Å². The largest absolute Gasteiger partial charge is 0.414 e. The fourth-order valence-corrected chi connectivity index (χ4v) is 3.59. The zero-order chi connectivity index (χ0) is 16.3. The number of hydrogen-bond acceptors (Lipinski definition) is 2. The van der Waals surface area contributed by atoms with Gasteiger partial charge in [-0.15, -0.1) is 0 Å². The number of Topliss-reactive ketones (excluding diaryl/α,β-unsaturated/α-hetero) is 1. The molecule has 118 valence electrons. The molecule has 0 unspecified atom stereocenters. The molecule has 2 nitrogen and oxygen atoms in total. The fourth-order valence-electron chi connectivity index (χ4n) is 1.85. The lowest BCUT2D eigenvalue weighted by Crippen LogP contribution is -2.43. The molecular weight excluding hydrogens is 344 g/mol. The quantitative estimate of drug-likeness (QED) is 0.465. The van der Waals surface area contributed by atoms with Gasteiger partial charge in [0.2, 0.25) is 0 Å². The highest BCUT2D eigenvalue weighted by Gasteiger charge is 2.38. The molecule has 0 aromatic heterocycles. The second-order valence-corrected chi connectivity index (χ2v) is 12.8. The molecule has 0 amide bonds. The molecule has 0 N–H and O–H groups in total. The molecular formula is C17H27BrO2Si. The number of hydrogen-bond donors (Lipinski definition) is 0. The minimum Gasteiger partial charge on any atom is -0.414 e. The zero-order valence-electron chi connectivity index (χ0n) is 14.0. The number of benzene rings is 1. The van der Waals surface area contributed by atoms with Crippen molar-refractivity contribution in [1.29, 1.82) is 0 Å². The molecule has 1 atom stereocenters. The van der Waals surface area contributed by atoms with E-state index in [4.69, 9.17) is 4.43 Å². The van der Waals surface area contributed by atoms with Crippen LogP contribution in [0.5, 0.6) is 0 Å². The second kappa shape index (κ2) is 7.21. The molecule has 1 aromatic carbocycles. The summed E-state index contributed by atoms with van der Waals surface area (Å²) in [5.74, 6) is 0.188. The highest BCUT2D eigenvalue weighted by molar-refractivity contribution is 9.10. The highest BCUT2D eigenvalue weighted by atomic mass is 79.9. The van der Waals surface area contributed by atoms with E-state index in [0.717, 1.165) is 16.5 Å². The zero-order valence-corrected chi connectivity index (χ0v) is 16.6. The first-order valence-electron chi connectivity index (χ1n) is 7.49. The SMILES string of the molecule is C[C@H](CCC(=O)c1ccc(Br)cc1)O[Si](C)(C)C(C)(C)C. The smallest absolute Gasteiger partial charge is 0.192 e. The van der Waals surface area contributed by atoms with Gasteiger partial charge in [-0.2, -0.15) is 0 Å². The normalized spacial score (nSPS) is 14.0. The maximum atomic E-state index is 12.2. The van der Waals surface area contributed by atoms with Gasteiger partial charge in [-0.05, 0) is 43.6 Å². The average molecular weight is 371 g/mol. The molecule has 0 saturated carbocycles. The highest BCUT2D eigenvalue weighted by Crippen LogP contribution is 2.37. The Hall–Kier alpha value is -0.453. The van der Waals surface area contributed by atoms with E-state index >= 15 is 0 Å². The molecule has 4 heteroatoms. The Morgan fingerprint density at radius 1 is 1.24 bits per heavy atom. The summed E-state index contributed by atoms with van der Waals surface area (Å²) in [6.07, 6.45) is 1.45. The topological polar surface area (TPSA) is 26.3 Å². The average Bonchev–Trinajstić information content (AvgIpc) is 2.35. The van der Waals surface area contributed by atoms with E-state index in [9.17, 15) is 4.79 Å². The monoisotopic (exact) mass is 370 g/mol. The maximum absolute atomic E-state index is 12.2. The van der Waals surface area contributed by atoms with Crippen molar-refractivity contribution >= 4 is 30.0 Å². The first kappa shape index (κ1) is 18.6. The van der Waals surface area contributed by atoms with Gasteiger partial charge in [-0.25, -0.2) is 0 Å². The molecule has 0 aliphatic rings. The van der Waals surface area contributed by atoms with E-state index in [-0.39, 0.29) is 16.9 Å². The van der Waals surface area contributed by atoms with Gasteiger partial charge in [0.1, 0.15) is 0 Å². The summed E-state index contributed by atoms with van der Waals surface area (Å²) < 4.78 is 7.28. The minimum atomic E-state index is -1.74. The third-order valence-corrected chi connectivity index (χ3v) is 9.38. The Balaban J connectivity index is 2.51. The second-order valence-electron chi connectivity index (χ2n) is 7.16. The van der Waals surface area contributed by atoms with Crippen LogP contribution in [0.25, 0.3) is 0 Å². The summed E-state index contributed by atoms with van der Waals surface area (Å²) in [6.45, 7) is 13.3. The van der Waals surface area contributed by atoms with Gasteiger partial charge in [-0.3, -0.25) is 4.79 Å². The van der Waals surface area contributed by atoms with Crippen LogP contribution in [0, 0.1) is 0 Å². The van der Waals surface area contributed by atoms with Crippen molar-refractivity contribution in [3.8, 4) is 0 Å². The first-order valence-corrected chi connectivity index (χ1v) is 11.2. The Labute approximate surface area is 138 Å². The van der Waals surface area contributed by atoms with Crippen LogP contribution in [0.3, 0.4) is 0 Å². The summed E-state index contributed by atoms with van der Waals surface area (Å²) in [7, 11) is -1.74. The third kappa shape index (κ3) is 5.68. The Morgan fingerprint density at radius 2 is 1.76 bits per heavy atom. The van der Waals surface area contributed by atoms with Gasteiger partial charge in [0.15, 0.2) is 14.1 Å². The van der Waals surface area contributed by atoms with Gasteiger partial charge in [-0.1, -0.05) is 48.8 Å². The van der Waals surface area contributed by atoms with Crippen molar-refractivity contribution < 1.29 is 9.22 Å². The minimum absolute atomic E-state index is 0.130. The van der Waals surface area contributed by atoms with Crippen molar-refractivity contribution in [3.05, 3.63) is 34.3 Å². The maximum Gasteiger partial charge on any atom is 0.192 e. The van der Waals surface area contributed by atoms with Gasteiger partial charge < -0.3 is 4.43 Å². The van der Waals surface area contributed by atoms with Crippen molar-refractivity contribution in [2.24, 2.45) is 0 Å². The van der Waals surface area contributed by atoms with Crippen LogP contribution in [0.4, 0.5) is 0 Å². The van der Waals surface area contributed by atoms with Gasteiger partial charge in [0.05, 0.1) is 0 Å². The number of ketones is 1. The molecule has 0 aliphatic heterocycles. The molecule has 0 heterocycles. The summed E-state index contributed by atoms with van der Waals surface area (Å²) in [6, 6.07) is 7.54. The summed E-state index contributed by atoms with van der Waals surface area (Å²) in [5, 5.41) is 0.205. The predicted octanol–water partition coefficient (Wildman–Crippen LogP) is 5.82. The number of carbonyl (C=O) groups excluding carboxylic acids is 1. The van der Waals surface area contributed by atoms with E-state index in [1.165, 1.54) is 0 Å². The van der Waals surface area contributed by atoms with E-state index in [1.807, 2.05) is 24.3 Å². The van der Waals surface area contributed by atoms with E-state index < -0.39 is 8.32 Å². The Morgan fingerprint density at radius 3 is 2.24 bits per heavy atom. The molecule has 0 spiro atoms. The molecule has 0 aliphatic carbocycles. The van der Waals surface area contributed by atoms with Crippen LogP contribution in [-0.4, -0.2) is 20.2 Å². The van der Waals surface area contributed by atoms with Gasteiger partial charge in [0, 0.05) is 22.6 Å². The molecule has 0 radical (unpaired) electrons. The third-order valence-electron chi connectivity index (χ3n) is 4.25. The molecule has 0 fully saturated rings. The Kier molecular flexibility index (Phi) is 6.38. The van der Waals surface area contributed by atoms with Crippen LogP contribution in [-0.2, 0) is 4.43 Å². The number of halogens is 1. The summed E-state index contributed by atoms with van der Waals surface area (Å²) in [4.78, 5) is 12.2. The Bertz CT molecular complexity index is 475. The van der Waals surface area contributed by atoms with Crippen molar-refractivity contribution in [1.82, 2.24) is 0 Å². The lowest BCUT2D eigenvalue weighted by molar-refractivity contribution is 0.0953. The van der Waals surface area contributed by atoms with Crippen molar-refractivity contribution in [2.45, 2.75) is 64.8 Å². The van der Waals surface area contributed by atoms with Crippen LogP contribution in [0.2, 0.25) is 18.1 Å². The summed E-state index contributed by atoms with van der Waals surface area (Å²) >= 11 is 3.38. The van der Waals surface area contributed by atoms with E-state index in [0.29, 0.717) is 6.42 Å². The van der Waals surface area contributed by atoms with Crippen molar-refractivity contribution in [2.75, 3.05) is 0 Å². The van der Waals surface area contributed by atoms with Crippen LogP contribution < -0.4 is 0 Å². The number of rotatable bonds is 6.